The van der Waals surface area contributed by atoms with Crippen LogP contribution >= 0.6 is 0 Å². The van der Waals surface area contributed by atoms with E-state index >= 15 is 0 Å². The van der Waals surface area contributed by atoms with E-state index in [4.69, 9.17) is 28.4 Å². The second kappa shape index (κ2) is 9.36. The van der Waals surface area contributed by atoms with Crippen LogP contribution in [0.15, 0.2) is 0 Å². The van der Waals surface area contributed by atoms with E-state index in [9.17, 15) is 39.3 Å². The third-order valence-corrected chi connectivity index (χ3v) is 14.7. The maximum atomic E-state index is 14.4. The minimum absolute atomic E-state index is 0.234. The van der Waals surface area contributed by atoms with Gasteiger partial charge >= 0.3 is 23.9 Å². The summed E-state index contributed by atoms with van der Waals surface area (Å²) in [6.07, 6.45) is -7.90. The van der Waals surface area contributed by atoms with Gasteiger partial charge in [-0.05, 0) is 32.1 Å². The van der Waals surface area contributed by atoms with Crippen LogP contribution in [0.2, 0.25) is 0 Å². The highest BCUT2D eigenvalue weighted by molar-refractivity contribution is 5.88. The van der Waals surface area contributed by atoms with Crippen LogP contribution in [0.4, 0.5) is 0 Å². The Hall–Kier alpha value is -2.65. The van der Waals surface area contributed by atoms with Crippen molar-refractivity contribution in [1.82, 2.24) is 0 Å². The van der Waals surface area contributed by atoms with Crippen LogP contribution in [-0.4, -0.2) is 105 Å². The van der Waals surface area contributed by atoms with Gasteiger partial charge in [-0.25, -0.2) is 4.79 Å². The molecule has 20 atom stereocenters. The topological polar surface area (TPSA) is 208 Å². The molecule has 3 aliphatic heterocycles. The Morgan fingerprint density at radius 2 is 1.44 bits per heavy atom. The zero-order valence-electron chi connectivity index (χ0n) is 28.2. The van der Waals surface area contributed by atoms with Crippen molar-refractivity contribution >= 4 is 29.7 Å². The van der Waals surface area contributed by atoms with Gasteiger partial charge in [-0.1, -0.05) is 20.8 Å². The summed E-state index contributed by atoms with van der Waals surface area (Å²) in [5, 5.41) is 36.8. The number of esters is 4. The molecule has 3 saturated heterocycles. The van der Waals surface area contributed by atoms with E-state index < -0.39 is 141 Å². The van der Waals surface area contributed by atoms with Gasteiger partial charge in [0.15, 0.2) is 11.4 Å². The second-order valence-corrected chi connectivity index (χ2v) is 16.5. The molecule has 8 fully saturated rings. The summed E-state index contributed by atoms with van der Waals surface area (Å²) < 4.78 is 36.1. The molecule has 0 bridgehead atoms. The van der Waals surface area contributed by atoms with Crippen LogP contribution in [0.1, 0.15) is 61.8 Å². The molecular weight excluding hydrogens is 632 g/mol. The molecule has 264 valence electrons. The van der Waals surface area contributed by atoms with Crippen molar-refractivity contribution in [3.8, 4) is 0 Å². The van der Waals surface area contributed by atoms with Gasteiger partial charge in [0.2, 0.25) is 5.79 Å². The third-order valence-electron chi connectivity index (χ3n) is 14.7. The van der Waals surface area contributed by atoms with E-state index in [0.29, 0.717) is 0 Å². The molecular formula is C34H44O14. The summed E-state index contributed by atoms with van der Waals surface area (Å²) in [6, 6.07) is 0. The Balaban J connectivity index is 1.38. The molecule has 3 heterocycles. The smallest absolute Gasteiger partial charge is 0.341 e. The van der Waals surface area contributed by atoms with E-state index in [1.54, 1.807) is 20.8 Å². The Labute approximate surface area is 277 Å². The maximum absolute atomic E-state index is 14.4. The molecule has 0 aromatic carbocycles. The summed E-state index contributed by atoms with van der Waals surface area (Å²) in [6.45, 7) is 12.1. The van der Waals surface area contributed by atoms with Crippen molar-refractivity contribution in [3.63, 3.8) is 0 Å². The first-order chi connectivity index (χ1) is 22.2. The first-order valence-electron chi connectivity index (χ1n) is 16.9. The summed E-state index contributed by atoms with van der Waals surface area (Å²) in [4.78, 5) is 66.2. The average molecular weight is 677 g/mol. The van der Waals surface area contributed by atoms with Gasteiger partial charge < -0.3 is 43.7 Å². The lowest BCUT2D eigenvalue weighted by Crippen LogP contribution is -2.74. The predicted molar refractivity (Wildman–Crippen MR) is 156 cm³/mol. The highest BCUT2D eigenvalue weighted by Gasteiger charge is 2.93. The van der Waals surface area contributed by atoms with Crippen molar-refractivity contribution < 1.29 is 67.7 Å². The first-order valence-corrected chi connectivity index (χ1v) is 16.9. The number of Topliss-reactive ketones (excluding diaryl/α,β-unsaturated/α-hetero) is 1. The summed E-state index contributed by atoms with van der Waals surface area (Å²) in [5.74, 6) is -10.9. The number of ketones is 1. The molecule has 5 aliphatic carbocycles. The summed E-state index contributed by atoms with van der Waals surface area (Å²) in [5.41, 5.74) is -6.23. The van der Waals surface area contributed by atoms with Gasteiger partial charge in [-0.15, -0.1) is 0 Å². The molecule has 3 N–H and O–H groups in total. The van der Waals surface area contributed by atoms with Crippen LogP contribution < -0.4 is 0 Å². The van der Waals surface area contributed by atoms with Crippen LogP contribution in [0.3, 0.4) is 0 Å². The molecule has 8 rings (SSSR count). The highest BCUT2D eigenvalue weighted by atomic mass is 16.8. The van der Waals surface area contributed by atoms with E-state index in [0.717, 1.165) is 0 Å². The molecule has 8 aliphatic rings. The SMILES string of the molecule is CC(=O)O[C@H]1C2C([C@@H]3[C@@H](O)[C@@H]4[C@H]([C@H](C)[C@@H]5O[C@@]56OC(=O)[C@@](C)(O)[C@]46C)[C@@]3(C)[C@H]1OC(C)=O)[C@@H](O)C(=O)[C@H]1C[C@@H]3O[C@@H]3[C@H](OC(C)=O)[C@]21C. The monoisotopic (exact) mass is 676 g/mol. The number of hydrogen-bond acceptors (Lipinski definition) is 14. The predicted octanol–water partition coefficient (Wildman–Crippen LogP) is 0.0530. The van der Waals surface area contributed by atoms with Crippen molar-refractivity contribution in [2.75, 3.05) is 0 Å². The molecule has 0 amide bonds. The lowest BCUT2D eigenvalue weighted by molar-refractivity contribution is -0.273. The van der Waals surface area contributed by atoms with E-state index in [-0.39, 0.29) is 12.5 Å². The van der Waals surface area contributed by atoms with E-state index in [1.807, 2.05) is 6.92 Å². The average Bonchev–Trinajstić information content (AvgIpc) is 3.88. The number of rotatable bonds is 3. The number of fused-ring (bicyclic) bond motifs is 9. The van der Waals surface area contributed by atoms with Gasteiger partial charge in [0.25, 0.3) is 0 Å². The van der Waals surface area contributed by atoms with Gasteiger partial charge in [-0.2, -0.15) is 0 Å². The zero-order chi connectivity index (χ0) is 35.0. The molecule has 14 nitrogen and oxygen atoms in total. The first kappa shape index (κ1) is 32.5. The van der Waals surface area contributed by atoms with Crippen molar-refractivity contribution in [3.05, 3.63) is 0 Å². The van der Waals surface area contributed by atoms with E-state index in [2.05, 4.69) is 0 Å². The molecule has 2 unspecified atom stereocenters. The summed E-state index contributed by atoms with van der Waals surface area (Å²) in [7, 11) is 0. The number of epoxide rings is 2. The lowest BCUT2D eigenvalue weighted by atomic mass is 9.41. The van der Waals surface area contributed by atoms with Crippen LogP contribution in [-0.2, 0) is 52.4 Å². The fourth-order valence-electron chi connectivity index (χ4n) is 12.9. The molecule has 0 aromatic heterocycles. The van der Waals surface area contributed by atoms with Gasteiger partial charge in [-0.3, -0.25) is 19.2 Å². The second-order valence-electron chi connectivity index (χ2n) is 16.5. The number of carbonyl (C=O) groups excluding carboxylic acids is 5. The standard InChI is InChI=1S/C34H44O14/c1-10-17-20(32(7)33(8,42)29(41)48-34(32)26(10)47-34)23(40)18-16-19(25(43-11(2)35)28(31(17,18)6)45-13(4)37)30(5)14(21(38)22(16)39)9-15-24(46-15)27(30)44-12(3)36/h10,14-20,22-28,39-40,42H,9H2,1-8H3/t10-,14+,15-,16?,17-,18+,19?,20-,22+,23+,24-,25-,26-,27-,28-,30-,31+,32-,33+,34+/m0/s1. The van der Waals surface area contributed by atoms with Crippen LogP contribution in [0.5, 0.6) is 0 Å². The molecule has 0 aromatic rings. The van der Waals surface area contributed by atoms with Gasteiger partial charge in [0.05, 0.1) is 17.6 Å². The fraction of sp³-hybridized carbons (Fsp3) is 0.853. The Morgan fingerprint density at radius 1 is 0.833 bits per heavy atom. The Morgan fingerprint density at radius 3 is 2.04 bits per heavy atom. The van der Waals surface area contributed by atoms with Gasteiger partial charge in [0, 0.05) is 61.2 Å². The molecule has 0 radical (unpaired) electrons. The minimum atomic E-state index is -2.11. The number of hydrogen-bond donors (Lipinski definition) is 3. The third kappa shape index (κ3) is 3.39. The molecule has 14 heteroatoms. The van der Waals surface area contributed by atoms with Crippen LogP contribution in [0, 0.1) is 57.7 Å². The van der Waals surface area contributed by atoms with E-state index in [1.165, 1.54) is 27.7 Å². The maximum Gasteiger partial charge on any atom is 0.341 e. The van der Waals surface area contributed by atoms with Crippen molar-refractivity contribution in [2.45, 2.75) is 122 Å². The minimum Gasteiger partial charge on any atom is -0.459 e. The van der Waals surface area contributed by atoms with Gasteiger partial charge in [0.1, 0.15) is 36.6 Å². The zero-order valence-corrected chi connectivity index (χ0v) is 28.2. The number of aliphatic hydroxyl groups is 3. The largest absolute Gasteiger partial charge is 0.459 e. The quantitative estimate of drug-likeness (QED) is 0.205. The van der Waals surface area contributed by atoms with Crippen molar-refractivity contribution in [1.29, 1.82) is 0 Å². The van der Waals surface area contributed by atoms with Crippen LogP contribution in [0.25, 0.3) is 0 Å². The molecule has 5 saturated carbocycles. The number of ether oxygens (including phenoxy) is 6. The fourth-order valence-corrected chi connectivity index (χ4v) is 12.9. The normalized spacial score (nSPS) is 59.6. The Kier molecular flexibility index (Phi) is 6.35. The molecule has 48 heavy (non-hydrogen) atoms. The number of aliphatic hydroxyl groups excluding tert-OH is 2. The lowest BCUT2D eigenvalue weighted by Gasteiger charge is -2.65. The number of carbonyl (C=O) groups is 5. The molecule has 1 spiro atoms. The van der Waals surface area contributed by atoms with Crippen molar-refractivity contribution in [2.24, 2.45) is 57.7 Å². The summed E-state index contributed by atoms with van der Waals surface area (Å²) >= 11 is 0. The highest BCUT2D eigenvalue weighted by Crippen LogP contribution is 2.80. The Bertz CT molecular complexity index is 1540.